The summed E-state index contributed by atoms with van der Waals surface area (Å²) in [6, 6.07) is 14.8. The van der Waals surface area contributed by atoms with Crippen molar-refractivity contribution < 1.29 is 17.9 Å². The van der Waals surface area contributed by atoms with Crippen molar-refractivity contribution in [3.8, 4) is 11.9 Å². The Morgan fingerprint density at radius 2 is 1.72 bits per heavy atom. The maximum Gasteiger partial charge on any atom is 0.321 e. The van der Waals surface area contributed by atoms with Gasteiger partial charge in [0.25, 0.3) is 10.0 Å². The molecule has 9 nitrogen and oxygen atoms in total. The zero-order valence-electron chi connectivity index (χ0n) is 17.1. The molecule has 0 spiro atoms. The number of benzene rings is 2. The van der Waals surface area contributed by atoms with Gasteiger partial charge >= 0.3 is 6.01 Å². The normalized spacial score (nSPS) is 10.8. The van der Waals surface area contributed by atoms with Crippen LogP contribution in [0, 0.1) is 0 Å². The van der Waals surface area contributed by atoms with Crippen LogP contribution in [0.4, 0.5) is 11.5 Å². The van der Waals surface area contributed by atoms with Crippen molar-refractivity contribution >= 4 is 50.5 Å². The van der Waals surface area contributed by atoms with E-state index in [2.05, 4.69) is 25.3 Å². The molecule has 0 aliphatic rings. The van der Waals surface area contributed by atoms with Crippen LogP contribution in [0.3, 0.4) is 0 Å². The molecule has 0 unspecified atom stereocenters. The summed E-state index contributed by atoms with van der Waals surface area (Å²) in [5.41, 5.74) is 1.65. The third-order valence-electron chi connectivity index (χ3n) is 4.10. The first-order chi connectivity index (χ1) is 15.3. The Morgan fingerprint density at radius 3 is 2.34 bits per heavy atom. The van der Waals surface area contributed by atoms with Gasteiger partial charge in [-0.2, -0.15) is 9.97 Å². The molecule has 0 aliphatic carbocycles. The predicted octanol–water partition coefficient (Wildman–Crippen LogP) is 3.43. The first-order valence-electron chi connectivity index (χ1n) is 9.18. The second-order valence-electron chi connectivity index (χ2n) is 6.35. The van der Waals surface area contributed by atoms with Gasteiger partial charge in [-0.25, -0.2) is 8.42 Å². The van der Waals surface area contributed by atoms with E-state index in [0.717, 1.165) is 5.56 Å². The molecule has 0 amide bonds. The molecule has 0 aliphatic heterocycles. The number of aromatic nitrogens is 2. The predicted molar refractivity (Wildman–Crippen MR) is 127 cm³/mol. The lowest BCUT2D eigenvalue weighted by molar-refractivity contribution is 0.353. The number of nitrogens with one attached hydrogen (secondary N) is 3. The fourth-order valence-electron chi connectivity index (χ4n) is 2.53. The molecule has 32 heavy (non-hydrogen) atoms. The lowest BCUT2D eigenvalue weighted by Crippen LogP contribution is -2.27. The van der Waals surface area contributed by atoms with Crippen LogP contribution in [0.25, 0.3) is 0 Å². The van der Waals surface area contributed by atoms with E-state index < -0.39 is 10.0 Å². The van der Waals surface area contributed by atoms with E-state index in [1.807, 2.05) is 12.1 Å². The SMILES string of the molecule is COc1cc(NS(=O)(=O)c2ccc(NC(=S)NCc3ccc(Cl)cc3)cc2)nc(OC)n1. The summed E-state index contributed by atoms with van der Waals surface area (Å²) in [7, 11) is -1.12. The van der Waals surface area contributed by atoms with Crippen LogP contribution in [0.5, 0.6) is 11.9 Å². The molecule has 168 valence electrons. The minimum absolute atomic E-state index is 0.0171. The number of nitrogens with zero attached hydrogens (tertiary/aromatic N) is 2. The standard InChI is InChI=1S/C20H20ClN5O4S2/c1-29-18-11-17(24-19(25-18)30-2)26-32(27,28)16-9-7-15(8-10-16)23-20(31)22-12-13-3-5-14(21)6-4-13/h3-11H,12H2,1-2H3,(H2,22,23,31)(H,24,25,26). The average molecular weight is 494 g/mol. The highest BCUT2D eigenvalue weighted by atomic mass is 35.5. The molecule has 1 heterocycles. The Bertz CT molecular complexity index is 1170. The Hall–Kier alpha value is -3.15. The lowest BCUT2D eigenvalue weighted by atomic mass is 10.2. The summed E-state index contributed by atoms with van der Waals surface area (Å²) in [5, 5.41) is 7.14. The Kier molecular flexibility index (Phi) is 7.67. The van der Waals surface area contributed by atoms with Gasteiger partial charge < -0.3 is 20.1 Å². The number of anilines is 2. The molecule has 0 saturated heterocycles. The van der Waals surface area contributed by atoms with Crippen molar-refractivity contribution in [1.29, 1.82) is 0 Å². The van der Waals surface area contributed by atoms with Gasteiger partial charge in [0.1, 0.15) is 0 Å². The lowest BCUT2D eigenvalue weighted by Gasteiger charge is -2.12. The number of hydrogen-bond donors (Lipinski definition) is 3. The van der Waals surface area contributed by atoms with Gasteiger partial charge in [0, 0.05) is 23.3 Å². The number of hydrogen-bond acceptors (Lipinski definition) is 7. The summed E-state index contributed by atoms with van der Waals surface area (Å²) in [5.74, 6) is 0.178. The van der Waals surface area contributed by atoms with Crippen molar-refractivity contribution in [1.82, 2.24) is 15.3 Å². The summed E-state index contributed by atoms with van der Waals surface area (Å²) < 4.78 is 37.8. The third-order valence-corrected chi connectivity index (χ3v) is 5.97. The van der Waals surface area contributed by atoms with E-state index >= 15 is 0 Å². The molecule has 0 bridgehead atoms. The molecule has 3 N–H and O–H groups in total. The molecular formula is C20H20ClN5O4S2. The van der Waals surface area contributed by atoms with E-state index in [1.165, 1.54) is 32.4 Å². The van der Waals surface area contributed by atoms with Crippen LogP contribution in [0.2, 0.25) is 5.02 Å². The number of rotatable bonds is 8. The van der Waals surface area contributed by atoms with Crippen LogP contribution < -0.4 is 24.8 Å². The highest BCUT2D eigenvalue weighted by Crippen LogP contribution is 2.21. The number of methoxy groups -OCH3 is 2. The van der Waals surface area contributed by atoms with Gasteiger partial charge in [0.05, 0.1) is 19.1 Å². The molecular weight excluding hydrogens is 474 g/mol. The van der Waals surface area contributed by atoms with Crippen molar-refractivity contribution in [2.45, 2.75) is 11.4 Å². The summed E-state index contributed by atoms with van der Waals surface area (Å²) in [6.07, 6.45) is 0. The van der Waals surface area contributed by atoms with E-state index in [9.17, 15) is 8.42 Å². The zero-order valence-corrected chi connectivity index (χ0v) is 19.5. The van der Waals surface area contributed by atoms with Crippen LogP contribution in [0.1, 0.15) is 5.56 Å². The highest BCUT2D eigenvalue weighted by Gasteiger charge is 2.17. The second kappa shape index (κ2) is 10.4. The van der Waals surface area contributed by atoms with E-state index in [-0.39, 0.29) is 22.6 Å². The third kappa shape index (κ3) is 6.42. The Balaban J connectivity index is 1.62. The largest absolute Gasteiger partial charge is 0.481 e. The average Bonchev–Trinajstić information content (AvgIpc) is 2.78. The molecule has 3 aromatic rings. The molecule has 0 fully saturated rings. The molecule has 3 rings (SSSR count). The topological polar surface area (TPSA) is 114 Å². The molecule has 1 aromatic heterocycles. The van der Waals surface area contributed by atoms with E-state index in [4.69, 9.17) is 33.3 Å². The minimum atomic E-state index is -3.90. The Morgan fingerprint density at radius 1 is 1.03 bits per heavy atom. The molecule has 12 heteroatoms. The maximum atomic E-state index is 12.7. The van der Waals surface area contributed by atoms with Crippen molar-refractivity contribution in [2.75, 3.05) is 24.3 Å². The summed E-state index contributed by atoms with van der Waals surface area (Å²) >= 11 is 11.2. The summed E-state index contributed by atoms with van der Waals surface area (Å²) in [4.78, 5) is 7.94. The van der Waals surface area contributed by atoms with Crippen LogP contribution in [-0.2, 0) is 16.6 Å². The minimum Gasteiger partial charge on any atom is -0.481 e. The van der Waals surface area contributed by atoms with Crippen LogP contribution in [0.15, 0.2) is 59.5 Å². The van der Waals surface area contributed by atoms with Crippen molar-refractivity contribution in [3.05, 3.63) is 65.2 Å². The Labute approximate surface area is 196 Å². The molecule has 0 atom stereocenters. The maximum absolute atomic E-state index is 12.7. The number of thiocarbonyl (C=S) groups is 1. The highest BCUT2D eigenvalue weighted by molar-refractivity contribution is 7.92. The second-order valence-corrected chi connectivity index (χ2v) is 8.87. The van der Waals surface area contributed by atoms with Crippen LogP contribution in [-0.4, -0.2) is 37.7 Å². The van der Waals surface area contributed by atoms with Gasteiger partial charge in [0.15, 0.2) is 10.9 Å². The smallest absolute Gasteiger partial charge is 0.321 e. The van der Waals surface area contributed by atoms with Crippen molar-refractivity contribution in [3.63, 3.8) is 0 Å². The van der Waals surface area contributed by atoms with Gasteiger partial charge in [-0.3, -0.25) is 4.72 Å². The van der Waals surface area contributed by atoms with Gasteiger partial charge in [-0.1, -0.05) is 23.7 Å². The monoisotopic (exact) mass is 493 g/mol. The molecule has 2 aromatic carbocycles. The van der Waals surface area contributed by atoms with Gasteiger partial charge in [-0.15, -0.1) is 0 Å². The van der Waals surface area contributed by atoms with E-state index in [0.29, 0.717) is 22.4 Å². The zero-order chi connectivity index (χ0) is 23.1. The van der Waals surface area contributed by atoms with Crippen molar-refractivity contribution in [2.24, 2.45) is 0 Å². The number of sulfonamides is 1. The fourth-order valence-corrected chi connectivity index (χ4v) is 3.83. The quantitative estimate of drug-likeness (QED) is 0.406. The van der Waals surface area contributed by atoms with E-state index in [1.54, 1.807) is 24.3 Å². The van der Waals surface area contributed by atoms with Crippen LogP contribution >= 0.6 is 23.8 Å². The van der Waals surface area contributed by atoms with Gasteiger partial charge in [0.2, 0.25) is 5.88 Å². The molecule has 0 saturated carbocycles. The summed E-state index contributed by atoms with van der Waals surface area (Å²) in [6.45, 7) is 0.519. The number of ether oxygens (including phenoxy) is 2. The molecule has 0 radical (unpaired) electrons. The number of halogens is 1. The van der Waals surface area contributed by atoms with Gasteiger partial charge in [-0.05, 0) is 54.2 Å². The first kappa shape index (κ1) is 23.5. The first-order valence-corrected chi connectivity index (χ1v) is 11.5. The fraction of sp³-hybridized carbons (Fsp3) is 0.150.